The van der Waals surface area contributed by atoms with Gasteiger partial charge in [0.15, 0.2) is 17.5 Å². The highest BCUT2D eigenvalue weighted by Gasteiger charge is 2.52. The van der Waals surface area contributed by atoms with Crippen molar-refractivity contribution in [3.63, 3.8) is 0 Å². The van der Waals surface area contributed by atoms with Gasteiger partial charge in [-0.05, 0) is 91.7 Å². The lowest BCUT2D eigenvalue weighted by Gasteiger charge is -2.40. The van der Waals surface area contributed by atoms with E-state index >= 15 is 0 Å². The molecule has 0 N–H and O–H groups in total. The molecule has 10 aromatic carbocycles. The number of hydrogen-bond acceptors (Lipinski definition) is 5. The maximum Gasteiger partial charge on any atom is 0.164 e. The minimum absolute atomic E-state index is 0.584. The van der Waals surface area contributed by atoms with Gasteiger partial charge < -0.3 is 4.74 Å². The summed E-state index contributed by atoms with van der Waals surface area (Å²) in [5, 5.41) is 4.87. The van der Waals surface area contributed by atoms with Gasteiger partial charge in [-0.15, -0.1) is 11.3 Å². The van der Waals surface area contributed by atoms with E-state index in [-0.39, 0.29) is 0 Å². The number of para-hydroxylation sites is 1. The van der Waals surface area contributed by atoms with Crippen LogP contribution in [0.3, 0.4) is 0 Å². The molecule has 1 spiro atoms. The molecular formula is C62H37N3OS. The van der Waals surface area contributed by atoms with Crippen LogP contribution in [0.25, 0.3) is 98.5 Å². The zero-order valence-corrected chi connectivity index (χ0v) is 36.8. The summed E-state index contributed by atoms with van der Waals surface area (Å²) in [6, 6.07) is 80.3. The van der Waals surface area contributed by atoms with E-state index in [1.165, 1.54) is 53.2 Å². The van der Waals surface area contributed by atoms with Gasteiger partial charge in [0.05, 0.1) is 5.41 Å². The fourth-order valence-electron chi connectivity index (χ4n) is 10.9. The summed E-state index contributed by atoms with van der Waals surface area (Å²) >= 11 is 1.80. The van der Waals surface area contributed by atoms with Gasteiger partial charge >= 0.3 is 0 Å². The van der Waals surface area contributed by atoms with Crippen LogP contribution in [-0.2, 0) is 5.41 Å². The summed E-state index contributed by atoms with van der Waals surface area (Å²) in [4.78, 5) is 15.4. The summed E-state index contributed by atoms with van der Waals surface area (Å²) in [6.45, 7) is 0. The van der Waals surface area contributed by atoms with Crippen LogP contribution in [0.5, 0.6) is 11.5 Å². The molecule has 4 nitrogen and oxygen atoms in total. The predicted octanol–water partition coefficient (Wildman–Crippen LogP) is 16.2. The van der Waals surface area contributed by atoms with Crippen molar-refractivity contribution in [2.45, 2.75) is 5.41 Å². The summed E-state index contributed by atoms with van der Waals surface area (Å²) in [5.74, 6) is 3.71. The highest BCUT2D eigenvalue weighted by Crippen LogP contribution is 2.63. The standard InChI is InChI=1S/C62H37N3OS/c1-2-15-40(16-3-1)59-63-60(65-61(64-59)49-22-13-27-56-57(49)48-21-7-11-26-55(48)67-56)41-30-28-38(29-31-41)42-17-12-18-43(36-42)44-33-35-54-52(37-44)62(51-24-9-10-25-53(51)66-54)50-23-8-6-20-46(50)47-34-32-39-14-4-5-19-45(39)58(47)62/h1-37H. The molecule has 0 bridgehead atoms. The quantitative estimate of drug-likeness (QED) is 0.173. The van der Waals surface area contributed by atoms with Crippen molar-refractivity contribution in [1.82, 2.24) is 15.0 Å². The maximum atomic E-state index is 6.82. The first-order valence-corrected chi connectivity index (χ1v) is 23.5. The highest BCUT2D eigenvalue weighted by atomic mass is 32.1. The molecule has 12 aromatic rings. The number of nitrogens with zero attached hydrogens (tertiary/aromatic N) is 3. The molecule has 1 atom stereocenters. The first kappa shape index (κ1) is 37.8. The van der Waals surface area contributed by atoms with Gasteiger partial charge in [0.1, 0.15) is 11.5 Å². The SMILES string of the molecule is c1ccc(-c2nc(-c3ccc(-c4cccc(-c5ccc6c(c5)C5(c7ccccc7O6)c6ccccc6-c6ccc7ccccc7c65)c4)cc3)nc(-c3cccc4sc5ccccc5c34)n2)cc1. The van der Waals surface area contributed by atoms with Crippen molar-refractivity contribution in [2.75, 3.05) is 0 Å². The third-order valence-corrected chi connectivity index (χ3v) is 14.9. The topological polar surface area (TPSA) is 47.9 Å². The van der Waals surface area contributed by atoms with Crippen molar-refractivity contribution >= 4 is 42.3 Å². The van der Waals surface area contributed by atoms with Gasteiger partial charge in [-0.1, -0.05) is 188 Å². The average molecular weight is 872 g/mol. The van der Waals surface area contributed by atoms with E-state index in [0.29, 0.717) is 17.5 Å². The Bertz CT molecular complexity index is 3970. The second-order valence-electron chi connectivity index (χ2n) is 17.4. The smallest absolute Gasteiger partial charge is 0.164 e. The lowest BCUT2D eigenvalue weighted by molar-refractivity contribution is 0.437. The lowest BCUT2D eigenvalue weighted by atomic mass is 9.65. The van der Waals surface area contributed by atoms with Crippen LogP contribution in [-0.4, -0.2) is 15.0 Å². The molecule has 67 heavy (non-hydrogen) atoms. The Hall–Kier alpha value is -8.51. The number of ether oxygens (including phenoxy) is 1. The largest absolute Gasteiger partial charge is 0.457 e. The molecule has 3 heterocycles. The fraction of sp³-hybridized carbons (Fsp3) is 0.0161. The zero-order valence-electron chi connectivity index (χ0n) is 36.0. The van der Waals surface area contributed by atoms with Crippen LogP contribution in [0.15, 0.2) is 224 Å². The Labute approximate surface area is 391 Å². The first-order chi connectivity index (χ1) is 33.2. The van der Waals surface area contributed by atoms with Crippen LogP contribution in [0.2, 0.25) is 0 Å². The third-order valence-electron chi connectivity index (χ3n) is 13.8. The highest BCUT2D eigenvalue weighted by molar-refractivity contribution is 7.25. The van der Waals surface area contributed by atoms with Gasteiger partial charge in [0.2, 0.25) is 0 Å². The van der Waals surface area contributed by atoms with Crippen molar-refractivity contribution in [1.29, 1.82) is 0 Å². The van der Waals surface area contributed by atoms with Gasteiger partial charge in [0, 0.05) is 48.0 Å². The van der Waals surface area contributed by atoms with Crippen molar-refractivity contribution in [3.05, 3.63) is 247 Å². The van der Waals surface area contributed by atoms with E-state index in [1.807, 2.05) is 18.2 Å². The van der Waals surface area contributed by atoms with Crippen LogP contribution in [0, 0.1) is 0 Å². The monoisotopic (exact) mass is 871 g/mol. The third kappa shape index (κ3) is 5.75. The molecule has 14 rings (SSSR count). The van der Waals surface area contributed by atoms with Crippen molar-refractivity contribution < 1.29 is 4.74 Å². The molecule has 1 aliphatic carbocycles. The zero-order chi connectivity index (χ0) is 44.1. The van der Waals surface area contributed by atoms with Gasteiger partial charge in [-0.25, -0.2) is 15.0 Å². The molecule has 0 fully saturated rings. The van der Waals surface area contributed by atoms with Crippen LogP contribution in [0.1, 0.15) is 22.3 Å². The maximum absolute atomic E-state index is 6.82. The summed E-state index contributed by atoms with van der Waals surface area (Å²) in [6.07, 6.45) is 0. The minimum Gasteiger partial charge on any atom is -0.457 e. The molecule has 0 saturated heterocycles. The molecule has 0 amide bonds. The van der Waals surface area contributed by atoms with Crippen molar-refractivity contribution in [3.8, 4) is 79.0 Å². The van der Waals surface area contributed by atoms with E-state index < -0.39 is 5.41 Å². The number of hydrogen-bond donors (Lipinski definition) is 0. The predicted molar refractivity (Wildman–Crippen MR) is 275 cm³/mol. The molecule has 0 radical (unpaired) electrons. The number of aromatic nitrogens is 3. The molecule has 312 valence electrons. The van der Waals surface area contributed by atoms with E-state index in [1.54, 1.807) is 11.3 Å². The Morgan fingerprint density at radius 3 is 1.79 bits per heavy atom. The normalized spacial score (nSPS) is 14.4. The number of benzene rings is 10. The summed E-state index contributed by atoms with van der Waals surface area (Å²) < 4.78 is 9.28. The van der Waals surface area contributed by atoms with Gasteiger partial charge in [-0.2, -0.15) is 0 Å². The van der Waals surface area contributed by atoms with Crippen LogP contribution < -0.4 is 4.74 Å². The summed E-state index contributed by atoms with van der Waals surface area (Å²) in [7, 11) is 0. The van der Waals surface area contributed by atoms with Crippen molar-refractivity contribution in [2.24, 2.45) is 0 Å². The molecule has 2 aliphatic rings. The molecule has 0 saturated carbocycles. The fourth-order valence-corrected chi connectivity index (χ4v) is 12.0. The van der Waals surface area contributed by atoms with Gasteiger partial charge in [0.25, 0.3) is 0 Å². The Morgan fingerprint density at radius 1 is 0.343 bits per heavy atom. The Kier molecular flexibility index (Phi) is 8.33. The molecule has 1 aliphatic heterocycles. The van der Waals surface area contributed by atoms with E-state index in [9.17, 15) is 0 Å². The van der Waals surface area contributed by atoms with Crippen LogP contribution in [0.4, 0.5) is 0 Å². The molecule has 5 heteroatoms. The van der Waals surface area contributed by atoms with E-state index in [4.69, 9.17) is 19.7 Å². The van der Waals surface area contributed by atoms with Crippen LogP contribution >= 0.6 is 11.3 Å². The number of fused-ring (bicyclic) bond motifs is 14. The molecule has 1 unspecified atom stereocenters. The van der Waals surface area contributed by atoms with Gasteiger partial charge in [-0.3, -0.25) is 0 Å². The van der Waals surface area contributed by atoms with E-state index in [2.05, 4.69) is 206 Å². The first-order valence-electron chi connectivity index (χ1n) is 22.7. The molecule has 2 aromatic heterocycles. The number of thiophene rings is 1. The average Bonchev–Trinajstić information content (AvgIpc) is 3.93. The Morgan fingerprint density at radius 2 is 0.925 bits per heavy atom. The minimum atomic E-state index is -0.584. The Balaban J connectivity index is 0.875. The summed E-state index contributed by atoms with van der Waals surface area (Å²) in [5.41, 5.74) is 14.2. The second kappa shape index (κ2) is 14.8. The lowest BCUT2D eigenvalue weighted by Crippen LogP contribution is -2.32. The second-order valence-corrected chi connectivity index (χ2v) is 18.5. The number of rotatable bonds is 5. The molecular weight excluding hydrogens is 835 g/mol. The van der Waals surface area contributed by atoms with E-state index in [0.717, 1.165) is 61.6 Å².